The van der Waals surface area contributed by atoms with E-state index in [0.717, 1.165) is 24.2 Å². The van der Waals surface area contributed by atoms with Crippen molar-refractivity contribution >= 4 is 11.7 Å². The number of urea groups is 1. The van der Waals surface area contributed by atoms with Gasteiger partial charge in [0.25, 0.3) is 0 Å². The molecule has 1 rings (SSSR count). The van der Waals surface area contributed by atoms with E-state index < -0.39 is 0 Å². The van der Waals surface area contributed by atoms with Crippen molar-refractivity contribution in [2.75, 3.05) is 26.0 Å². The van der Waals surface area contributed by atoms with Crippen LogP contribution in [0.15, 0.2) is 24.3 Å². The van der Waals surface area contributed by atoms with Gasteiger partial charge in [0, 0.05) is 25.8 Å². The van der Waals surface area contributed by atoms with Crippen LogP contribution in [0, 0.1) is 0 Å². The molecule has 0 radical (unpaired) electrons. The Kier molecular flexibility index (Phi) is 5.65. The third-order valence-corrected chi connectivity index (χ3v) is 2.78. The summed E-state index contributed by atoms with van der Waals surface area (Å²) in [6.45, 7) is 5.22. The molecule has 0 saturated heterocycles. The van der Waals surface area contributed by atoms with E-state index in [0.29, 0.717) is 0 Å². The van der Waals surface area contributed by atoms with Gasteiger partial charge in [0.1, 0.15) is 0 Å². The Balaban J connectivity index is 2.82. The van der Waals surface area contributed by atoms with Crippen molar-refractivity contribution in [1.82, 2.24) is 10.2 Å². The molecule has 0 heterocycles. The summed E-state index contributed by atoms with van der Waals surface area (Å²) in [7, 11) is 3.47. The number of anilines is 1. The molecule has 0 fully saturated rings. The molecule has 4 nitrogen and oxygen atoms in total. The highest BCUT2D eigenvalue weighted by molar-refractivity contribution is 5.89. The fraction of sp³-hybridized carbons (Fsp3) is 0.500. The number of carbonyl (C=O) groups excluding carboxylic acids is 1. The number of rotatable bonds is 5. The smallest absolute Gasteiger partial charge is 0.321 e. The molecule has 18 heavy (non-hydrogen) atoms. The van der Waals surface area contributed by atoms with Crippen molar-refractivity contribution in [3.8, 4) is 0 Å². The molecule has 0 saturated carbocycles. The van der Waals surface area contributed by atoms with Crippen LogP contribution in [0.4, 0.5) is 10.5 Å². The number of hydrogen-bond acceptors (Lipinski definition) is 2. The summed E-state index contributed by atoms with van der Waals surface area (Å²) >= 11 is 0. The molecule has 0 spiro atoms. The van der Waals surface area contributed by atoms with E-state index >= 15 is 0 Å². The average molecular weight is 249 g/mol. The summed E-state index contributed by atoms with van der Waals surface area (Å²) in [5, 5.41) is 6.34. The molecular formula is C14H23N3O. The first-order chi connectivity index (χ1) is 8.56. The summed E-state index contributed by atoms with van der Waals surface area (Å²) in [5.74, 6) is 0. The van der Waals surface area contributed by atoms with E-state index in [1.54, 1.807) is 14.1 Å². The van der Waals surface area contributed by atoms with Crippen LogP contribution in [-0.2, 0) is 0 Å². The van der Waals surface area contributed by atoms with Crippen molar-refractivity contribution in [2.24, 2.45) is 0 Å². The third kappa shape index (κ3) is 4.04. The number of nitrogens with zero attached hydrogens (tertiary/aromatic N) is 1. The second kappa shape index (κ2) is 7.01. The van der Waals surface area contributed by atoms with Crippen molar-refractivity contribution in [1.29, 1.82) is 0 Å². The molecule has 4 heteroatoms. The summed E-state index contributed by atoms with van der Waals surface area (Å²) in [6, 6.07) is 8.01. The maximum Gasteiger partial charge on any atom is 0.321 e. The van der Waals surface area contributed by atoms with Gasteiger partial charge in [-0.05, 0) is 31.5 Å². The Labute approximate surface area is 109 Å². The Morgan fingerprint density at radius 3 is 2.61 bits per heavy atom. The lowest BCUT2D eigenvalue weighted by Crippen LogP contribution is -2.28. The van der Waals surface area contributed by atoms with Gasteiger partial charge in [-0.2, -0.15) is 0 Å². The molecule has 0 aliphatic rings. The van der Waals surface area contributed by atoms with Crippen LogP contribution in [0.3, 0.4) is 0 Å². The minimum atomic E-state index is -0.106. The number of carbonyl (C=O) groups is 1. The lowest BCUT2D eigenvalue weighted by Gasteiger charge is -2.19. The molecule has 1 unspecified atom stereocenters. The monoisotopic (exact) mass is 249 g/mol. The van der Waals surface area contributed by atoms with Crippen LogP contribution in [-0.4, -0.2) is 31.6 Å². The van der Waals surface area contributed by atoms with Crippen molar-refractivity contribution < 1.29 is 4.79 Å². The number of hydrogen-bond donors (Lipinski definition) is 2. The molecule has 100 valence electrons. The molecular weight excluding hydrogens is 226 g/mol. The third-order valence-electron chi connectivity index (χ3n) is 2.78. The standard InChI is InChI=1S/C14H23N3O/c1-5-10-15-11(2)12-8-6-7-9-13(12)16-14(18)17(3)4/h6-9,11,15H,5,10H2,1-4H3,(H,16,18). The van der Waals surface area contributed by atoms with Gasteiger partial charge in [-0.25, -0.2) is 4.79 Å². The summed E-state index contributed by atoms with van der Waals surface area (Å²) in [6.07, 6.45) is 1.09. The van der Waals surface area contributed by atoms with Gasteiger partial charge >= 0.3 is 6.03 Å². The zero-order valence-electron chi connectivity index (χ0n) is 11.7. The highest BCUT2D eigenvalue weighted by Gasteiger charge is 2.12. The minimum Gasteiger partial charge on any atom is -0.331 e. The van der Waals surface area contributed by atoms with Crippen LogP contribution in [0.25, 0.3) is 0 Å². The van der Waals surface area contributed by atoms with E-state index in [9.17, 15) is 4.79 Å². The lowest BCUT2D eigenvalue weighted by molar-refractivity contribution is 0.230. The molecule has 0 bridgehead atoms. The van der Waals surface area contributed by atoms with Crippen molar-refractivity contribution in [3.05, 3.63) is 29.8 Å². The zero-order valence-corrected chi connectivity index (χ0v) is 11.7. The Morgan fingerprint density at radius 2 is 2.00 bits per heavy atom. The molecule has 2 N–H and O–H groups in total. The van der Waals surface area contributed by atoms with Crippen LogP contribution in [0.1, 0.15) is 31.9 Å². The molecule has 0 aromatic heterocycles. The number of para-hydroxylation sites is 1. The maximum absolute atomic E-state index is 11.7. The van der Waals surface area contributed by atoms with E-state index in [4.69, 9.17) is 0 Å². The molecule has 1 atom stereocenters. The van der Waals surface area contributed by atoms with E-state index in [1.165, 1.54) is 4.90 Å². The highest BCUT2D eigenvalue weighted by Crippen LogP contribution is 2.22. The molecule has 2 amide bonds. The quantitative estimate of drug-likeness (QED) is 0.842. The summed E-state index contributed by atoms with van der Waals surface area (Å²) < 4.78 is 0. The van der Waals surface area contributed by atoms with Gasteiger partial charge in [0.15, 0.2) is 0 Å². The number of amides is 2. The van der Waals surface area contributed by atoms with Gasteiger partial charge in [-0.15, -0.1) is 0 Å². The maximum atomic E-state index is 11.7. The topological polar surface area (TPSA) is 44.4 Å². The predicted molar refractivity (Wildman–Crippen MR) is 75.9 cm³/mol. The van der Waals surface area contributed by atoms with Crippen LogP contribution in [0.2, 0.25) is 0 Å². The Bertz CT molecular complexity index is 390. The average Bonchev–Trinajstić information content (AvgIpc) is 2.36. The number of benzene rings is 1. The first-order valence-corrected chi connectivity index (χ1v) is 6.36. The van der Waals surface area contributed by atoms with Gasteiger partial charge in [-0.1, -0.05) is 25.1 Å². The molecule has 1 aromatic carbocycles. The Morgan fingerprint density at radius 1 is 1.33 bits per heavy atom. The SMILES string of the molecule is CCCNC(C)c1ccccc1NC(=O)N(C)C. The lowest BCUT2D eigenvalue weighted by atomic mass is 10.1. The Hall–Kier alpha value is -1.55. The second-order valence-corrected chi connectivity index (χ2v) is 4.59. The van der Waals surface area contributed by atoms with Crippen molar-refractivity contribution in [2.45, 2.75) is 26.3 Å². The van der Waals surface area contributed by atoms with Gasteiger partial charge in [-0.3, -0.25) is 0 Å². The van der Waals surface area contributed by atoms with Crippen LogP contribution in [0.5, 0.6) is 0 Å². The zero-order chi connectivity index (χ0) is 13.5. The van der Waals surface area contributed by atoms with Gasteiger partial charge in [0.2, 0.25) is 0 Å². The predicted octanol–water partition coefficient (Wildman–Crippen LogP) is 2.84. The normalized spacial score (nSPS) is 12.0. The summed E-state index contributed by atoms with van der Waals surface area (Å²) in [5.41, 5.74) is 1.98. The van der Waals surface area contributed by atoms with Crippen LogP contribution >= 0.6 is 0 Å². The van der Waals surface area contributed by atoms with Gasteiger partial charge in [0.05, 0.1) is 0 Å². The fourth-order valence-corrected chi connectivity index (χ4v) is 1.69. The first-order valence-electron chi connectivity index (χ1n) is 6.36. The largest absolute Gasteiger partial charge is 0.331 e. The van der Waals surface area contributed by atoms with E-state index in [-0.39, 0.29) is 12.1 Å². The van der Waals surface area contributed by atoms with E-state index in [1.807, 2.05) is 24.3 Å². The number of nitrogens with one attached hydrogen (secondary N) is 2. The van der Waals surface area contributed by atoms with Crippen LogP contribution < -0.4 is 10.6 Å². The summed E-state index contributed by atoms with van der Waals surface area (Å²) in [4.78, 5) is 13.2. The molecule has 1 aromatic rings. The first kappa shape index (κ1) is 14.5. The second-order valence-electron chi connectivity index (χ2n) is 4.59. The minimum absolute atomic E-state index is 0.106. The van der Waals surface area contributed by atoms with Gasteiger partial charge < -0.3 is 15.5 Å². The van der Waals surface area contributed by atoms with Crippen molar-refractivity contribution in [3.63, 3.8) is 0 Å². The highest BCUT2D eigenvalue weighted by atomic mass is 16.2. The molecule has 0 aliphatic carbocycles. The van der Waals surface area contributed by atoms with E-state index in [2.05, 4.69) is 24.5 Å². The molecule has 0 aliphatic heterocycles. The fourth-order valence-electron chi connectivity index (χ4n) is 1.69.